The predicted molar refractivity (Wildman–Crippen MR) is 55.2 cm³/mol. The van der Waals surface area contributed by atoms with E-state index in [1.165, 1.54) is 0 Å². The molecule has 14 heavy (non-hydrogen) atoms. The lowest BCUT2D eigenvalue weighted by atomic mass is 10.2. The number of nitrogens with zero attached hydrogens (tertiary/aromatic N) is 2. The van der Waals surface area contributed by atoms with E-state index in [0.717, 1.165) is 17.0 Å². The van der Waals surface area contributed by atoms with Gasteiger partial charge in [-0.1, -0.05) is 13.0 Å². The van der Waals surface area contributed by atoms with E-state index in [-0.39, 0.29) is 0 Å². The molecule has 3 heteroatoms. The Bertz CT molecular complexity index is 447. The number of aromatic nitrogens is 2. The number of hydrogen-bond donors (Lipinski definition) is 1. The maximum absolute atomic E-state index is 9.78. The van der Waals surface area contributed by atoms with Crippen molar-refractivity contribution in [3.63, 3.8) is 0 Å². The van der Waals surface area contributed by atoms with Gasteiger partial charge in [0.25, 0.3) is 0 Å². The van der Waals surface area contributed by atoms with Gasteiger partial charge in [-0.2, -0.15) is 0 Å². The van der Waals surface area contributed by atoms with Crippen molar-refractivity contribution in [1.29, 1.82) is 0 Å². The minimum absolute atomic E-state index is 0.425. The third-order valence-corrected chi connectivity index (χ3v) is 2.48. The van der Waals surface area contributed by atoms with Gasteiger partial charge in [-0.3, -0.25) is 4.40 Å². The molecule has 74 valence electrons. The summed E-state index contributed by atoms with van der Waals surface area (Å²) in [6.07, 6.45) is 2.03. The van der Waals surface area contributed by atoms with Gasteiger partial charge in [0.15, 0.2) is 0 Å². The molecule has 0 spiro atoms. The molecular formula is C11H14N2O. The lowest BCUT2D eigenvalue weighted by Gasteiger charge is -2.09. The normalized spacial score (nSPS) is 13.4. The quantitative estimate of drug-likeness (QED) is 0.787. The Morgan fingerprint density at radius 3 is 3.00 bits per heavy atom. The number of hydrogen-bond acceptors (Lipinski definition) is 2. The highest BCUT2D eigenvalue weighted by molar-refractivity contribution is 5.42. The summed E-state index contributed by atoms with van der Waals surface area (Å²) in [6.45, 7) is 3.98. The summed E-state index contributed by atoms with van der Waals surface area (Å²) in [5.74, 6) is 0. The average molecular weight is 190 g/mol. The zero-order chi connectivity index (χ0) is 10.1. The van der Waals surface area contributed by atoms with E-state index in [2.05, 4.69) is 4.98 Å². The third-order valence-electron chi connectivity index (χ3n) is 2.48. The van der Waals surface area contributed by atoms with Crippen molar-refractivity contribution in [3.8, 4) is 0 Å². The van der Waals surface area contributed by atoms with Crippen LogP contribution in [0.25, 0.3) is 5.65 Å². The summed E-state index contributed by atoms with van der Waals surface area (Å²) >= 11 is 0. The molecule has 0 aromatic carbocycles. The number of pyridine rings is 1. The van der Waals surface area contributed by atoms with Gasteiger partial charge in [-0.05, 0) is 25.5 Å². The first-order chi connectivity index (χ1) is 6.74. The molecule has 0 fully saturated rings. The van der Waals surface area contributed by atoms with Crippen molar-refractivity contribution in [3.05, 3.63) is 35.8 Å². The largest absolute Gasteiger partial charge is 0.387 e. The molecule has 2 aromatic rings. The molecule has 3 nitrogen and oxygen atoms in total. The van der Waals surface area contributed by atoms with Gasteiger partial charge in [0.1, 0.15) is 5.65 Å². The fourth-order valence-corrected chi connectivity index (χ4v) is 1.67. The molecule has 0 aliphatic rings. The minimum Gasteiger partial charge on any atom is -0.387 e. The van der Waals surface area contributed by atoms with Gasteiger partial charge in [0.2, 0.25) is 0 Å². The minimum atomic E-state index is -0.425. The zero-order valence-electron chi connectivity index (χ0n) is 8.44. The first-order valence-electron chi connectivity index (χ1n) is 4.85. The molecule has 0 aliphatic carbocycles. The Labute approximate surface area is 83.0 Å². The molecular weight excluding hydrogens is 176 g/mol. The molecule has 0 amide bonds. The molecule has 1 N–H and O–H groups in total. The number of aryl methyl sites for hydroxylation is 1. The van der Waals surface area contributed by atoms with Crippen molar-refractivity contribution in [2.45, 2.75) is 26.4 Å². The standard InChI is InChI=1S/C11H14N2O/c1-3-10(14)9-7-12-11-6-4-5-8(2)13(9)11/h4-7,10,14H,3H2,1-2H3. The molecule has 0 saturated heterocycles. The number of aliphatic hydroxyl groups excluding tert-OH is 1. The van der Waals surface area contributed by atoms with Crippen LogP contribution < -0.4 is 0 Å². The second-order valence-corrected chi connectivity index (χ2v) is 3.47. The van der Waals surface area contributed by atoms with E-state index in [0.29, 0.717) is 6.42 Å². The Kier molecular flexibility index (Phi) is 2.25. The Balaban J connectivity index is 2.67. The van der Waals surface area contributed by atoms with E-state index >= 15 is 0 Å². The Hall–Kier alpha value is -1.35. The van der Waals surface area contributed by atoms with Crippen LogP contribution in [0.4, 0.5) is 0 Å². The molecule has 0 saturated carbocycles. The topological polar surface area (TPSA) is 37.5 Å². The highest BCUT2D eigenvalue weighted by Crippen LogP contribution is 2.19. The van der Waals surface area contributed by atoms with Crippen molar-refractivity contribution in [2.24, 2.45) is 0 Å². The van der Waals surface area contributed by atoms with Crippen LogP contribution >= 0.6 is 0 Å². The van der Waals surface area contributed by atoms with Crippen molar-refractivity contribution in [1.82, 2.24) is 9.38 Å². The van der Waals surface area contributed by atoms with Crippen LogP contribution in [0.15, 0.2) is 24.4 Å². The first kappa shape index (κ1) is 9.21. The molecule has 2 aromatic heterocycles. The Morgan fingerprint density at radius 2 is 2.29 bits per heavy atom. The van der Waals surface area contributed by atoms with Gasteiger partial charge < -0.3 is 5.11 Å². The van der Waals surface area contributed by atoms with E-state index < -0.39 is 6.10 Å². The molecule has 2 heterocycles. The lowest BCUT2D eigenvalue weighted by Crippen LogP contribution is -2.02. The molecule has 0 aliphatic heterocycles. The third kappa shape index (κ3) is 1.30. The van der Waals surface area contributed by atoms with Crippen LogP contribution in [0.5, 0.6) is 0 Å². The number of aliphatic hydroxyl groups is 1. The smallest absolute Gasteiger partial charge is 0.137 e. The lowest BCUT2D eigenvalue weighted by molar-refractivity contribution is 0.167. The summed E-state index contributed by atoms with van der Waals surface area (Å²) in [5.41, 5.74) is 2.87. The highest BCUT2D eigenvalue weighted by Gasteiger charge is 2.11. The summed E-state index contributed by atoms with van der Waals surface area (Å²) in [5, 5.41) is 9.78. The molecule has 1 atom stereocenters. The Morgan fingerprint density at radius 1 is 1.50 bits per heavy atom. The molecule has 0 radical (unpaired) electrons. The molecule has 1 unspecified atom stereocenters. The number of fused-ring (bicyclic) bond motifs is 1. The van der Waals surface area contributed by atoms with Gasteiger partial charge in [-0.15, -0.1) is 0 Å². The SMILES string of the molecule is CCC(O)c1cnc2cccc(C)n12. The van der Waals surface area contributed by atoms with E-state index in [9.17, 15) is 5.11 Å². The second kappa shape index (κ2) is 3.42. The van der Waals surface area contributed by atoms with Crippen molar-refractivity contribution < 1.29 is 5.11 Å². The van der Waals surface area contributed by atoms with Gasteiger partial charge in [-0.25, -0.2) is 4.98 Å². The van der Waals surface area contributed by atoms with Gasteiger partial charge >= 0.3 is 0 Å². The predicted octanol–water partition coefficient (Wildman–Crippen LogP) is 2.09. The molecule has 0 bridgehead atoms. The maximum Gasteiger partial charge on any atom is 0.137 e. The second-order valence-electron chi connectivity index (χ2n) is 3.47. The number of imidazole rings is 1. The van der Waals surface area contributed by atoms with Gasteiger partial charge in [0, 0.05) is 5.69 Å². The fourth-order valence-electron chi connectivity index (χ4n) is 1.67. The monoisotopic (exact) mass is 190 g/mol. The average Bonchev–Trinajstić information content (AvgIpc) is 2.62. The van der Waals surface area contributed by atoms with Crippen molar-refractivity contribution >= 4 is 5.65 Å². The highest BCUT2D eigenvalue weighted by atomic mass is 16.3. The fraction of sp³-hybridized carbons (Fsp3) is 0.364. The van der Waals surface area contributed by atoms with Crippen LogP contribution in [0.1, 0.15) is 30.8 Å². The van der Waals surface area contributed by atoms with E-state index in [1.54, 1.807) is 6.20 Å². The summed E-state index contributed by atoms with van der Waals surface area (Å²) < 4.78 is 1.99. The van der Waals surface area contributed by atoms with Crippen molar-refractivity contribution in [2.75, 3.05) is 0 Å². The van der Waals surface area contributed by atoms with Crippen LogP contribution in [-0.2, 0) is 0 Å². The number of rotatable bonds is 2. The van der Waals surface area contributed by atoms with Gasteiger partial charge in [0.05, 0.1) is 18.0 Å². The van der Waals surface area contributed by atoms with Crippen LogP contribution in [0.2, 0.25) is 0 Å². The zero-order valence-corrected chi connectivity index (χ0v) is 8.44. The maximum atomic E-state index is 9.78. The summed E-state index contributed by atoms with van der Waals surface area (Å²) in [4.78, 5) is 4.25. The van der Waals surface area contributed by atoms with Crippen LogP contribution in [-0.4, -0.2) is 14.5 Å². The first-order valence-corrected chi connectivity index (χ1v) is 4.85. The van der Waals surface area contributed by atoms with E-state index in [1.807, 2.05) is 36.4 Å². The molecule has 2 rings (SSSR count). The summed E-state index contributed by atoms with van der Waals surface area (Å²) in [7, 11) is 0. The summed E-state index contributed by atoms with van der Waals surface area (Å²) in [6, 6.07) is 5.93. The van der Waals surface area contributed by atoms with Crippen LogP contribution in [0, 0.1) is 6.92 Å². The van der Waals surface area contributed by atoms with E-state index in [4.69, 9.17) is 0 Å². The van der Waals surface area contributed by atoms with Crippen LogP contribution in [0.3, 0.4) is 0 Å².